The third kappa shape index (κ3) is 4.22. The van der Waals surface area contributed by atoms with Crippen molar-refractivity contribution >= 4 is 11.7 Å². The minimum Gasteiger partial charge on any atom is -0.489 e. The lowest BCUT2D eigenvalue weighted by atomic mass is 9.88. The van der Waals surface area contributed by atoms with Crippen LogP contribution in [-0.2, 0) is 4.79 Å². The minimum absolute atomic E-state index is 0.00977. The third-order valence-corrected chi connectivity index (χ3v) is 5.15. The molecular weight excluding hydrogens is 290 g/mol. The van der Waals surface area contributed by atoms with Gasteiger partial charge in [-0.05, 0) is 49.9 Å². The molecule has 2 N–H and O–H groups in total. The van der Waals surface area contributed by atoms with Crippen LogP contribution in [0, 0.1) is 17.8 Å². The fourth-order valence-electron chi connectivity index (χ4n) is 3.27. The van der Waals surface area contributed by atoms with E-state index in [1.165, 1.54) is 32.1 Å². The second-order valence-electron chi connectivity index (χ2n) is 6.86. The zero-order valence-electron chi connectivity index (χ0n) is 13.9. The fourth-order valence-corrected chi connectivity index (χ4v) is 3.27. The highest BCUT2D eigenvalue weighted by Crippen LogP contribution is 2.27. The highest BCUT2D eigenvalue weighted by molar-refractivity contribution is 5.92. The first-order valence-corrected chi connectivity index (χ1v) is 8.83. The molecule has 1 aliphatic carbocycles. The standard InChI is InChI=1S/C18H27N3O2/c1-13(15-10-19-11-15)18(22)21-17-16(8-5-9-20-17)23-12-14-6-3-2-4-7-14/h5,8-9,13-15,19H,2-4,6-7,10-12H2,1H3,(H,20,21,22). The predicted molar refractivity (Wildman–Crippen MR) is 90.5 cm³/mol. The molecule has 126 valence electrons. The van der Waals surface area contributed by atoms with Crippen molar-refractivity contribution in [2.24, 2.45) is 17.8 Å². The Balaban J connectivity index is 1.57. The van der Waals surface area contributed by atoms with Crippen molar-refractivity contribution in [1.82, 2.24) is 10.3 Å². The molecule has 5 nitrogen and oxygen atoms in total. The van der Waals surface area contributed by atoms with E-state index in [1.807, 2.05) is 19.1 Å². The molecule has 1 atom stereocenters. The van der Waals surface area contributed by atoms with Crippen molar-refractivity contribution in [3.05, 3.63) is 18.3 Å². The van der Waals surface area contributed by atoms with Gasteiger partial charge in [-0.2, -0.15) is 0 Å². The maximum absolute atomic E-state index is 12.4. The molecule has 0 aromatic carbocycles. The molecule has 3 rings (SSSR count). The van der Waals surface area contributed by atoms with Gasteiger partial charge in [0.25, 0.3) is 0 Å². The fraction of sp³-hybridized carbons (Fsp3) is 0.667. The summed E-state index contributed by atoms with van der Waals surface area (Å²) in [7, 11) is 0. The van der Waals surface area contributed by atoms with Crippen molar-refractivity contribution in [3.63, 3.8) is 0 Å². The number of nitrogens with one attached hydrogen (secondary N) is 2. The van der Waals surface area contributed by atoms with Gasteiger partial charge >= 0.3 is 0 Å². The van der Waals surface area contributed by atoms with Crippen LogP contribution < -0.4 is 15.4 Å². The van der Waals surface area contributed by atoms with Crippen LogP contribution in [-0.4, -0.2) is 30.6 Å². The van der Waals surface area contributed by atoms with E-state index >= 15 is 0 Å². The molecule has 1 unspecified atom stereocenters. The van der Waals surface area contributed by atoms with Gasteiger partial charge in [0, 0.05) is 12.1 Å². The zero-order chi connectivity index (χ0) is 16.1. The highest BCUT2D eigenvalue weighted by Gasteiger charge is 2.29. The van der Waals surface area contributed by atoms with Crippen LogP contribution in [0.25, 0.3) is 0 Å². The first kappa shape index (κ1) is 16.2. The van der Waals surface area contributed by atoms with Gasteiger partial charge in [0.05, 0.1) is 6.61 Å². The topological polar surface area (TPSA) is 63.2 Å². The van der Waals surface area contributed by atoms with E-state index in [0.29, 0.717) is 23.4 Å². The Kier molecular flexibility index (Phi) is 5.49. The summed E-state index contributed by atoms with van der Waals surface area (Å²) in [4.78, 5) is 16.7. The van der Waals surface area contributed by atoms with Crippen LogP contribution in [0.3, 0.4) is 0 Å². The summed E-state index contributed by atoms with van der Waals surface area (Å²) in [6.07, 6.45) is 8.13. The van der Waals surface area contributed by atoms with E-state index in [0.717, 1.165) is 19.7 Å². The van der Waals surface area contributed by atoms with Crippen molar-refractivity contribution in [2.75, 3.05) is 25.0 Å². The Morgan fingerprint density at radius 1 is 1.39 bits per heavy atom. The van der Waals surface area contributed by atoms with Crippen LogP contribution in [0.5, 0.6) is 5.75 Å². The average Bonchev–Trinajstić information content (AvgIpc) is 2.53. The summed E-state index contributed by atoms with van der Waals surface area (Å²) in [6, 6.07) is 3.74. The quantitative estimate of drug-likeness (QED) is 0.847. The van der Waals surface area contributed by atoms with Crippen molar-refractivity contribution in [1.29, 1.82) is 0 Å². The summed E-state index contributed by atoms with van der Waals surface area (Å²) in [5.74, 6) is 2.30. The number of hydrogen-bond acceptors (Lipinski definition) is 4. The Labute approximate surface area is 138 Å². The summed E-state index contributed by atoms with van der Waals surface area (Å²) in [5.41, 5.74) is 0. The van der Waals surface area contributed by atoms with Crippen LogP contribution in [0.15, 0.2) is 18.3 Å². The molecule has 23 heavy (non-hydrogen) atoms. The number of nitrogens with zero attached hydrogens (tertiary/aromatic N) is 1. The van der Waals surface area contributed by atoms with Crippen LogP contribution in [0.4, 0.5) is 5.82 Å². The number of hydrogen-bond donors (Lipinski definition) is 2. The number of aromatic nitrogens is 1. The number of ether oxygens (including phenoxy) is 1. The average molecular weight is 317 g/mol. The molecule has 0 spiro atoms. The Bertz CT molecular complexity index is 525. The lowest BCUT2D eigenvalue weighted by Gasteiger charge is -2.31. The second-order valence-corrected chi connectivity index (χ2v) is 6.86. The first-order valence-electron chi connectivity index (χ1n) is 8.83. The molecule has 1 amide bonds. The number of rotatable bonds is 6. The summed E-state index contributed by atoms with van der Waals surface area (Å²) < 4.78 is 5.97. The molecule has 1 saturated heterocycles. The van der Waals surface area contributed by atoms with Crippen LogP contribution in [0.1, 0.15) is 39.0 Å². The summed E-state index contributed by atoms with van der Waals surface area (Å²) in [5, 5.41) is 6.15. The van der Waals surface area contributed by atoms with Gasteiger partial charge in [-0.25, -0.2) is 4.98 Å². The number of carbonyl (C=O) groups is 1. The SMILES string of the molecule is CC(C(=O)Nc1ncccc1OCC1CCCCC1)C1CNC1. The first-order chi connectivity index (χ1) is 11.2. The van der Waals surface area contributed by atoms with Gasteiger partial charge in [0.1, 0.15) is 0 Å². The molecule has 5 heteroatoms. The largest absolute Gasteiger partial charge is 0.489 e. The third-order valence-electron chi connectivity index (χ3n) is 5.15. The molecule has 2 fully saturated rings. The van der Waals surface area contributed by atoms with E-state index in [1.54, 1.807) is 6.20 Å². The number of carbonyl (C=O) groups excluding carboxylic acids is 1. The Morgan fingerprint density at radius 2 is 2.17 bits per heavy atom. The molecule has 2 heterocycles. The van der Waals surface area contributed by atoms with Gasteiger partial charge in [0.2, 0.25) is 5.91 Å². The van der Waals surface area contributed by atoms with Gasteiger partial charge in [0.15, 0.2) is 11.6 Å². The summed E-state index contributed by atoms with van der Waals surface area (Å²) >= 11 is 0. The van der Waals surface area contributed by atoms with Crippen molar-refractivity contribution in [2.45, 2.75) is 39.0 Å². The van der Waals surface area contributed by atoms with Crippen LogP contribution in [0.2, 0.25) is 0 Å². The van der Waals surface area contributed by atoms with E-state index in [2.05, 4.69) is 15.6 Å². The number of pyridine rings is 1. The predicted octanol–water partition coefficient (Wildman–Crippen LogP) is 2.83. The van der Waals surface area contributed by atoms with Gasteiger partial charge in [-0.15, -0.1) is 0 Å². The Hall–Kier alpha value is -1.62. The molecule has 1 aliphatic heterocycles. The lowest BCUT2D eigenvalue weighted by Crippen LogP contribution is -2.48. The van der Waals surface area contributed by atoms with Crippen LogP contribution >= 0.6 is 0 Å². The van der Waals surface area contributed by atoms with E-state index in [9.17, 15) is 4.79 Å². The van der Waals surface area contributed by atoms with Crippen molar-refractivity contribution < 1.29 is 9.53 Å². The van der Waals surface area contributed by atoms with E-state index in [4.69, 9.17) is 4.74 Å². The zero-order valence-corrected chi connectivity index (χ0v) is 13.9. The van der Waals surface area contributed by atoms with Gasteiger partial charge in [-0.3, -0.25) is 4.79 Å². The number of amides is 1. The highest BCUT2D eigenvalue weighted by atomic mass is 16.5. The molecular formula is C18H27N3O2. The van der Waals surface area contributed by atoms with E-state index < -0.39 is 0 Å². The lowest BCUT2D eigenvalue weighted by molar-refractivity contribution is -0.121. The smallest absolute Gasteiger partial charge is 0.228 e. The second kappa shape index (κ2) is 7.77. The minimum atomic E-state index is -0.00977. The summed E-state index contributed by atoms with van der Waals surface area (Å²) in [6.45, 7) is 4.53. The monoisotopic (exact) mass is 317 g/mol. The molecule has 1 aromatic heterocycles. The molecule has 0 radical (unpaired) electrons. The maximum Gasteiger partial charge on any atom is 0.228 e. The van der Waals surface area contributed by atoms with Crippen molar-refractivity contribution in [3.8, 4) is 5.75 Å². The number of anilines is 1. The molecule has 1 saturated carbocycles. The van der Waals surface area contributed by atoms with Gasteiger partial charge in [-0.1, -0.05) is 26.2 Å². The van der Waals surface area contributed by atoms with E-state index in [-0.39, 0.29) is 11.8 Å². The molecule has 1 aromatic rings. The molecule has 0 bridgehead atoms. The Morgan fingerprint density at radius 3 is 2.87 bits per heavy atom. The normalized spacial score (nSPS) is 20.6. The molecule has 2 aliphatic rings. The van der Waals surface area contributed by atoms with Gasteiger partial charge < -0.3 is 15.4 Å². The maximum atomic E-state index is 12.4.